The van der Waals surface area contributed by atoms with Crippen molar-refractivity contribution in [2.75, 3.05) is 6.61 Å². The molecule has 0 atom stereocenters. The molecule has 4 heteroatoms. The molecule has 1 aromatic rings. The smallest absolute Gasteiger partial charge is 0.169 e. The highest BCUT2D eigenvalue weighted by Crippen LogP contribution is 2.30. The zero-order valence-corrected chi connectivity index (χ0v) is 7.57. The second-order valence-corrected chi connectivity index (χ2v) is 3.38. The second-order valence-electron chi connectivity index (χ2n) is 2.76. The third-order valence-corrected chi connectivity index (χ3v) is 2.36. The minimum atomic E-state index is 0.0664. The molecular weight excluding hydrogens is 191 g/mol. The summed E-state index contributed by atoms with van der Waals surface area (Å²) < 4.78 is 17.4. The SMILES string of the molecule is O=C1CCOc2cc(SF)ccc21. The molecule has 0 radical (unpaired) electrons. The van der Waals surface area contributed by atoms with Crippen LogP contribution in [0.2, 0.25) is 0 Å². The van der Waals surface area contributed by atoms with Crippen LogP contribution in [0.5, 0.6) is 5.75 Å². The number of carbonyl (C=O) groups excluding carboxylic acids is 1. The average Bonchev–Trinajstić information content (AvgIpc) is 2.18. The summed E-state index contributed by atoms with van der Waals surface area (Å²) in [6.07, 6.45) is 0.412. The molecule has 2 nitrogen and oxygen atoms in total. The van der Waals surface area contributed by atoms with E-state index in [0.717, 1.165) is 0 Å². The number of rotatable bonds is 1. The van der Waals surface area contributed by atoms with E-state index in [2.05, 4.69) is 0 Å². The molecule has 0 bridgehead atoms. The number of halogens is 1. The van der Waals surface area contributed by atoms with Crippen LogP contribution in [0.3, 0.4) is 0 Å². The number of ether oxygens (including phenoxy) is 1. The van der Waals surface area contributed by atoms with E-state index in [0.29, 0.717) is 29.2 Å². The Balaban J connectivity index is 2.45. The van der Waals surface area contributed by atoms with E-state index in [9.17, 15) is 8.68 Å². The van der Waals surface area contributed by atoms with Gasteiger partial charge in [-0.25, -0.2) is 0 Å². The summed E-state index contributed by atoms with van der Waals surface area (Å²) in [7, 11) is 0. The van der Waals surface area contributed by atoms with Crippen LogP contribution >= 0.6 is 12.1 Å². The Morgan fingerprint density at radius 3 is 3.08 bits per heavy atom. The largest absolute Gasteiger partial charge is 0.492 e. The molecule has 68 valence electrons. The van der Waals surface area contributed by atoms with Gasteiger partial charge in [-0.05, 0) is 18.2 Å². The van der Waals surface area contributed by atoms with Gasteiger partial charge in [-0.3, -0.25) is 4.79 Å². The van der Waals surface area contributed by atoms with Crippen LogP contribution in [0, 0.1) is 0 Å². The number of hydrogen-bond donors (Lipinski definition) is 0. The van der Waals surface area contributed by atoms with Crippen molar-refractivity contribution in [1.82, 2.24) is 0 Å². The Morgan fingerprint density at radius 2 is 2.31 bits per heavy atom. The van der Waals surface area contributed by atoms with Crippen molar-refractivity contribution in [2.45, 2.75) is 11.3 Å². The molecule has 0 N–H and O–H groups in total. The number of carbonyl (C=O) groups is 1. The zero-order valence-electron chi connectivity index (χ0n) is 6.75. The number of ketones is 1. The number of benzene rings is 1. The first-order chi connectivity index (χ1) is 6.31. The molecule has 1 aliphatic rings. The Hall–Kier alpha value is -1.03. The van der Waals surface area contributed by atoms with Gasteiger partial charge in [-0.2, -0.15) is 3.89 Å². The zero-order chi connectivity index (χ0) is 9.26. The molecule has 0 amide bonds. The van der Waals surface area contributed by atoms with E-state index >= 15 is 0 Å². The molecule has 13 heavy (non-hydrogen) atoms. The maximum absolute atomic E-state index is 12.2. The van der Waals surface area contributed by atoms with Crippen LogP contribution in [0.1, 0.15) is 16.8 Å². The fourth-order valence-electron chi connectivity index (χ4n) is 1.29. The van der Waals surface area contributed by atoms with Crippen molar-refractivity contribution in [1.29, 1.82) is 0 Å². The van der Waals surface area contributed by atoms with Crippen LogP contribution in [-0.2, 0) is 0 Å². The predicted octanol–water partition coefficient (Wildman–Crippen LogP) is 2.63. The Morgan fingerprint density at radius 1 is 1.46 bits per heavy atom. The molecule has 0 unspecified atom stereocenters. The lowest BCUT2D eigenvalue weighted by Gasteiger charge is -2.15. The Bertz CT molecular complexity index is 351. The van der Waals surface area contributed by atoms with Crippen molar-refractivity contribution in [2.24, 2.45) is 0 Å². The molecule has 0 aromatic heterocycles. The van der Waals surface area contributed by atoms with Crippen molar-refractivity contribution < 1.29 is 13.4 Å². The van der Waals surface area contributed by atoms with Crippen molar-refractivity contribution in [3.63, 3.8) is 0 Å². The summed E-state index contributed by atoms with van der Waals surface area (Å²) >= 11 is 0.152. The lowest BCUT2D eigenvalue weighted by molar-refractivity contribution is 0.0933. The second kappa shape index (κ2) is 3.38. The van der Waals surface area contributed by atoms with Crippen LogP contribution in [-0.4, -0.2) is 12.4 Å². The third-order valence-electron chi connectivity index (χ3n) is 1.93. The van der Waals surface area contributed by atoms with Crippen LogP contribution in [0.4, 0.5) is 3.89 Å². The first kappa shape index (κ1) is 8.56. The van der Waals surface area contributed by atoms with Gasteiger partial charge in [0.25, 0.3) is 0 Å². The van der Waals surface area contributed by atoms with E-state index in [1.807, 2.05) is 0 Å². The first-order valence-corrected chi connectivity index (χ1v) is 4.61. The fraction of sp³-hybridized carbons (Fsp3) is 0.222. The average molecular weight is 198 g/mol. The first-order valence-electron chi connectivity index (χ1n) is 3.90. The molecule has 0 saturated heterocycles. The van der Waals surface area contributed by atoms with Crippen LogP contribution < -0.4 is 4.74 Å². The van der Waals surface area contributed by atoms with Crippen molar-refractivity contribution in [3.8, 4) is 5.75 Å². The topological polar surface area (TPSA) is 26.3 Å². The third kappa shape index (κ3) is 1.54. The summed E-state index contributed by atoms with van der Waals surface area (Å²) in [6.45, 7) is 0.395. The van der Waals surface area contributed by atoms with Crippen molar-refractivity contribution >= 4 is 17.9 Å². The Labute approximate surface area is 79.4 Å². The monoisotopic (exact) mass is 198 g/mol. The van der Waals surface area contributed by atoms with E-state index in [-0.39, 0.29) is 17.9 Å². The summed E-state index contributed by atoms with van der Waals surface area (Å²) in [5, 5.41) is 0. The van der Waals surface area contributed by atoms with Crippen LogP contribution in [0.15, 0.2) is 23.1 Å². The van der Waals surface area contributed by atoms with Gasteiger partial charge in [-0.1, -0.05) is 0 Å². The number of hydrogen-bond acceptors (Lipinski definition) is 3. The van der Waals surface area contributed by atoms with E-state index < -0.39 is 0 Å². The minimum Gasteiger partial charge on any atom is -0.492 e. The van der Waals surface area contributed by atoms with Gasteiger partial charge in [0.2, 0.25) is 0 Å². The molecular formula is C9H7FO2S. The summed E-state index contributed by atoms with van der Waals surface area (Å²) in [4.78, 5) is 11.8. The van der Waals surface area contributed by atoms with Gasteiger partial charge < -0.3 is 4.74 Å². The molecule has 1 heterocycles. The van der Waals surface area contributed by atoms with Gasteiger partial charge in [0, 0.05) is 11.3 Å². The highest BCUT2D eigenvalue weighted by molar-refractivity contribution is 7.94. The standard InChI is InChI=1S/C9H7FO2S/c10-13-6-1-2-7-8(11)3-4-12-9(7)5-6/h1-2,5H,3-4H2. The summed E-state index contributed by atoms with van der Waals surface area (Å²) in [6, 6.07) is 4.74. The van der Waals surface area contributed by atoms with Crippen LogP contribution in [0.25, 0.3) is 0 Å². The Kier molecular flexibility index (Phi) is 2.22. The lowest BCUT2D eigenvalue weighted by atomic mass is 10.1. The number of fused-ring (bicyclic) bond motifs is 1. The molecule has 0 fully saturated rings. The van der Waals surface area contributed by atoms with Gasteiger partial charge in [-0.15, -0.1) is 0 Å². The molecule has 1 aliphatic heterocycles. The maximum Gasteiger partial charge on any atom is 0.169 e. The normalized spacial score (nSPS) is 15.0. The van der Waals surface area contributed by atoms with Gasteiger partial charge in [0.15, 0.2) is 5.78 Å². The number of Topliss-reactive ketones (excluding diaryl/α,β-unsaturated/α-hetero) is 1. The van der Waals surface area contributed by atoms with Crippen molar-refractivity contribution in [3.05, 3.63) is 23.8 Å². The van der Waals surface area contributed by atoms with E-state index in [1.165, 1.54) is 0 Å². The summed E-state index contributed by atoms with van der Waals surface area (Å²) in [5.41, 5.74) is 0.559. The summed E-state index contributed by atoms with van der Waals surface area (Å²) in [5.74, 6) is 0.565. The van der Waals surface area contributed by atoms with E-state index in [4.69, 9.17) is 4.74 Å². The molecule has 1 aromatic carbocycles. The molecule has 0 spiro atoms. The molecule has 2 rings (SSSR count). The van der Waals surface area contributed by atoms with E-state index in [1.54, 1.807) is 18.2 Å². The maximum atomic E-state index is 12.2. The van der Waals surface area contributed by atoms with Gasteiger partial charge in [0.05, 0.1) is 24.3 Å². The highest BCUT2D eigenvalue weighted by Gasteiger charge is 2.18. The lowest BCUT2D eigenvalue weighted by Crippen LogP contribution is -2.14. The highest BCUT2D eigenvalue weighted by atomic mass is 32.2. The fourth-order valence-corrected chi connectivity index (χ4v) is 1.56. The van der Waals surface area contributed by atoms with Gasteiger partial charge >= 0.3 is 0 Å². The predicted molar refractivity (Wildman–Crippen MR) is 47.8 cm³/mol. The molecule has 0 saturated carbocycles. The minimum absolute atomic E-state index is 0.0664. The van der Waals surface area contributed by atoms with Gasteiger partial charge in [0.1, 0.15) is 5.75 Å². The quantitative estimate of drug-likeness (QED) is 0.693. The molecule has 0 aliphatic carbocycles.